The van der Waals surface area contributed by atoms with Crippen LogP contribution in [0.15, 0.2) is 71.3 Å². The van der Waals surface area contributed by atoms with E-state index >= 15 is 0 Å². The molecule has 1 aromatic heterocycles. The molecule has 3 aromatic rings. The van der Waals surface area contributed by atoms with Crippen molar-refractivity contribution in [2.75, 3.05) is 16.0 Å². The summed E-state index contributed by atoms with van der Waals surface area (Å²) in [6.07, 6.45) is 1.66. The van der Waals surface area contributed by atoms with Crippen LogP contribution in [0.25, 0.3) is 0 Å². The van der Waals surface area contributed by atoms with E-state index < -0.39 is 5.92 Å². The van der Waals surface area contributed by atoms with Crippen LogP contribution >= 0.6 is 15.9 Å². The predicted molar refractivity (Wildman–Crippen MR) is 117 cm³/mol. The number of para-hydroxylation sites is 1. The zero-order chi connectivity index (χ0) is 21.1. The predicted octanol–water partition coefficient (Wildman–Crippen LogP) is 4.16. The summed E-state index contributed by atoms with van der Waals surface area (Å²) in [6, 6.07) is 17.3. The molecule has 0 radical (unpaired) electrons. The number of anilines is 3. The maximum absolute atomic E-state index is 12.9. The van der Waals surface area contributed by atoms with Crippen molar-refractivity contribution in [1.82, 2.24) is 4.98 Å². The third kappa shape index (κ3) is 4.38. The van der Waals surface area contributed by atoms with Gasteiger partial charge in [0, 0.05) is 34.0 Å². The molecule has 0 fully saturated rings. The van der Waals surface area contributed by atoms with Crippen molar-refractivity contribution in [1.29, 1.82) is 0 Å². The van der Waals surface area contributed by atoms with Crippen molar-refractivity contribution in [3.63, 3.8) is 0 Å². The van der Waals surface area contributed by atoms with Gasteiger partial charge < -0.3 is 16.0 Å². The number of hydrogen-bond acceptors (Lipinski definition) is 4. The number of pyridine rings is 1. The van der Waals surface area contributed by atoms with Crippen LogP contribution in [0.4, 0.5) is 17.2 Å². The van der Waals surface area contributed by atoms with Crippen LogP contribution < -0.4 is 16.0 Å². The quantitative estimate of drug-likeness (QED) is 0.539. The molecular formula is C22H17BrN4O3. The zero-order valence-electron chi connectivity index (χ0n) is 15.7. The van der Waals surface area contributed by atoms with Gasteiger partial charge in [-0.2, -0.15) is 0 Å². The maximum Gasteiger partial charge on any atom is 0.256 e. The smallest absolute Gasteiger partial charge is 0.256 e. The zero-order valence-corrected chi connectivity index (χ0v) is 17.3. The van der Waals surface area contributed by atoms with Crippen molar-refractivity contribution in [3.8, 4) is 0 Å². The Morgan fingerprint density at radius 2 is 1.87 bits per heavy atom. The van der Waals surface area contributed by atoms with Crippen LogP contribution in [0, 0.1) is 0 Å². The fraction of sp³-hybridized carbons (Fsp3) is 0.0909. The third-order valence-electron chi connectivity index (χ3n) is 4.68. The van der Waals surface area contributed by atoms with E-state index in [1.165, 1.54) is 0 Å². The van der Waals surface area contributed by atoms with Gasteiger partial charge in [0.1, 0.15) is 5.82 Å². The summed E-state index contributed by atoms with van der Waals surface area (Å²) in [6.45, 7) is 0. The third-order valence-corrected chi connectivity index (χ3v) is 5.15. The van der Waals surface area contributed by atoms with Gasteiger partial charge >= 0.3 is 0 Å². The number of carbonyl (C=O) groups excluding carboxylic acids is 3. The number of nitrogens with zero attached hydrogens (tertiary/aromatic N) is 1. The van der Waals surface area contributed by atoms with E-state index in [0.717, 1.165) is 10.0 Å². The Hall–Kier alpha value is -3.52. The number of hydrogen-bond donors (Lipinski definition) is 3. The summed E-state index contributed by atoms with van der Waals surface area (Å²) in [4.78, 5) is 41.5. The van der Waals surface area contributed by atoms with Gasteiger partial charge in [-0.25, -0.2) is 4.98 Å². The van der Waals surface area contributed by atoms with E-state index in [9.17, 15) is 14.4 Å². The monoisotopic (exact) mass is 464 g/mol. The molecule has 1 aliphatic rings. The Kier molecular flexibility index (Phi) is 5.58. The first-order chi connectivity index (χ1) is 14.5. The van der Waals surface area contributed by atoms with Crippen LogP contribution in [-0.4, -0.2) is 22.7 Å². The van der Waals surface area contributed by atoms with Gasteiger partial charge in [-0.05, 0) is 57.9 Å². The summed E-state index contributed by atoms with van der Waals surface area (Å²) in [5, 5.41) is 8.31. The summed E-state index contributed by atoms with van der Waals surface area (Å²) < 4.78 is 0.808. The Morgan fingerprint density at radius 1 is 1.03 bits per heavy atom. The number of carbonyl (C=O) groups is 3. The molecule has 30 heavy (non-hydrogen) atoms. The number of halogens is 1. The molecule has 7 nitrogen and oxygen atoms in total. The molecule has 3 N–H and O–H groups in total. The molecule has 1 aliphatic heterocycles. The summed E-state index contributed by atoms with van der Waals surface area (Å²) in [5.74, 6) is -1.03. The molecule has 4 rings (SSSR count). The van der Waals surface area contributed by atoms with Crippen molar-refractivity contribution in [3.05, 3.63) is 82.5 Å². The van der Waals surface area contributed by atoms with Crippen LogP contribution in [0.3, 0.4) is 0 Å². The highest BCUT2D eigenvalue weighted by Crippen LogP contribution is 2.32. The lowest BCUT2D eigenvalue weighted by molar-refractivity contribution is -0.123. The molecule has 0 saturated carbocycles. The SMILES string of the molecule is O=C1CC(C(=O)Nc2cccc(C(=O)Nc3ccc(Br)cn3)c2)c2ccccc2N1. The number of nitrogens with one attached hydrogen (secondary N) is 3. The van der Waals surface area contributed by atoms with E-state index in [4.69, 9.17) is 0 Å². The fourth-order valence-electron chi connectivity index (χ4n) is 3.25. The maximum atomic E-state index is 12.9. The van der Waals surface area contributed by atoms with Crippen LogP contribution in [-0.2, 0) is 9.59 Å². The molecule has 2 aromatic carbocycles. The second kappa shape index (κ2) is 8.46. The number of benzene rings is 2. The van der Waals surface area contributed by atoms with E-state index in [1.807, 2.05) is 18.2 Å². The summed E-state index contributed by atoms with van der Waals surface area (Å²) in [7, 11) is 0. The lowest BCUT2D eigenvalue weighted by Crippen LogP contribution is -2.30. The number of amides is 3. The molecule has 1 atom stereocenters. The lowest BCUT2D eigenvalue weighted by Gasteiger charge is -2.24. The largest absolute Gasteiger partial charge is 0.326 e. The molecular weight excluding hydrogens is 448 g/mol. The fourth-order valence-corrected chi connectivity index (χ4v) is 3.49. The van der Waals surface area contributed by atoms with Crippen molar-refractivity contribution in [2.45, 2.75) is 12.3 Å². The minimum absolute atomic E-state index is 0.0677. The minimum Gasteiger partial charge on any atom is -0.326 e. The minimum atomic E-state index is -0.598. The van der Waals surface area contributed by atoms with Crippen molar-refractivity contribution in [2.24, 2.45) is 0 Å². The highest BCUT2D eigenvalue weighted by molar-refractivity contribution is 9.10. The first-order valence-corrected chi connectivity index (χ1v) is 10.0. The number of fused-ring (bicyclic) bond motifs is 1. The molecule has 8 heteroatoms. The summed E-state index contributed by atoms with van der Waals surface area (Å²) in [5.41, 5.74) is 2.26. The first kappa shape index (κ1) is 19.8. The summed E-state index contributed by atoms with van der Waals surface area (Å²) >= 11 is 3.30. The number of rotatable bonds is 4. The molecule has 3 amide bonds. The normalized spacial score (nSPS) is 15.0. The van der Waals surface area contributed by atoms with Gasteiger partial charge in [-0.15, -0.1) is 0 Å². The standard InChI is InChI=1S/C22H17BrN4O3/c23-14-8-9-19(24-12-14)27-21(29)13-4-3-5-15(10-13)25-22(30)17-11-20(28)26-18-7-2-1-6-16(17)18/h1-10,12,17H,11H2,(H,25,30)(H,26,28)(H,24,27,29). The van der Waals surface area contributed by atoms with Gasteiger partial charge in [-0.3, -0.25) is 14.4 Å². The lowest BCUT2D eigenvalue weighted by atomic mass is 9.90. The second-order valence-corrected chi connectivity index (χ2v) is 7.69. The number of aromatic nitrogens is 1. The van der Waals surface area contributed by atoms with E-state index in [-0.39, 0.29) is 24.1 Å². The molecule has 0 bridgehead atoms. The van der Waals surface area contributed by atoms with E-state index in [1.54, 1.807) is 48.7 Å². The molecule has 0 aliphatic carbocycles. The van der Waals surface area contributed by atoms with Gasteiger partial charge in [0.25, 0.3) is 5.91 Å². The average molecular weight is 465 g/mol. The van der Waals surface area contributed by atoms with Crippen LogP contribution in [0.1, 0.15) is 28.3 Å². The topological polar surface area (TPSA) is 100 Å². The molecule has 0 spiro atoms. The van der Waals surface area contributed by atoms with E-state index in [2.05, 4.69) is 36.9 Å². The van der Waals surface area contributed by atoms with Gasteiger partial charge in [-0.1, -0.05) is 24.3 Å². The Labute approximate surface area is 181 Å². The molecule has 1 unspecified atom stereocenters. The molecule has 0 saturated heterocycles. The molecule has 2 heterocycles. The van der Waals surface area contributed by atoms with E-state index in [0.29, 0.717) is 22.8 Å². The Bertz CT molecular complexity index is 1130. The van der Waals surface area contributed by atoms with Gasteiger partial charge in [0.05, 0.1) is 5.92 Å². The van der Waals surface area contributed by atoms with Crippen LogP contribution in [0.2, 0.25) is 0 Å². The highest BCUT2D eigenvalue weighted by atomic mass is 79.9. The van der Waals surface area contributed by atoms with Gasteiger partial charge in [0.15, 0.2) is 0 Å². The molecule has 150 valence electrons. The average Bonchev–Trinajstić information content (AvgIpc) is 2.75. The van der Waals surface area contributed by atoms with Crippen molar-refractivity contribution >= 4 is 50.8 Å². The Morgan fingerprint density at radius 3 is 2.67 bits per heavy atom. The Balaban J connectivity index is 1.49. The van der Waals surface area contributed by atoms with Gasteiger partial charge in [0.2, 0.25) is 11.8 Å². The van der Waals surface area contributed by atoms with Crippen LogP contribution in [0.5, 0.6) is 0 Å². The highest BCUT2D eigenvalue weighted by Gasteiger charge is 2.30. The second-order valence-electron chi connectivity index (χ2n) is 6.78. The first-order valence-electron chi connectivity index (χ1n) is 9.22. The van der Waals surface area contributed by atoms with Crippen molar-refractivity contribution < 1.29 is 14.4 Å².